The third-order valence-corrected chi connectivity index (χ3v) is 5.85. The number of nitrogens with one attached hydrogen (secondary N) is 1. The number of rotatable bonds is 6. The van der Waals surface area contributed by atoms with Crippen molar-refractivity contribution in [3.8, 4) is 6.07 Å². The normalized spacial score (nSPS) is 20.8. The first kappa shape index (κ1) is 22.9. The Morgan fingerprint density at radius 3 is 2.71 bits per heavy atom. The van der Waals surface area contributed by atoms with E-state index in [4.69, 9.17) is 0 Å². The predicted molar refractivity (Wildman–Crippen MR) is 109 cm³/mol. The van der Waals surface area contributed by atoms with Crippen molar-refractivity contribution in [2.75, 3.05) is 11.9 Å². The van der Waals surface area contributed by atoms with Gasteiger partial charge in [-0.25, -0.2) is 9.97 Å². The van der Waals surface area contributed by atoms with Gasteiger partial charge in [0, 0.05) is 18.9 Å². The number of nitriles is 1. The summed E-state index contributed by atoms with van der Waals surface area (Å²) in [6.45, 7) is 4.42. The van der Waals surface area contributed by atoms with Crippen LogP contribution in [0.1, 0.15) is 55.5 Å². The lowest BCUT2D eigenvalue weighted by molar-refractivity contribution is -0.137. The zero-order chi connectivity index (χ0) is 22.6. The Kier molecular flexibility index (Phi) is 6.80. The predicted octanol–water partition coefficient (Wildman–Crippen LogP) is 4.15. The van der Waals surface area contributed by atoms with Crippen LogP contribution in [-0.2, 0) is 19.0 Å². The minimum atomic E-state index is -4.43. The number of aromatic nitrogens is 3. The molecule has 6 nitrogen and oxygen atoms in total. The Bertz CT molecular complexity index is 955. The fourth-order valence-electron chi connectivity index (χ4n) is 4.06. The van der Waals surface area contributed by atoms with Crippen molar-refractivity contribution in [3.63, 3.8) is 0 Å². The Labute approximate surface area is 179 Å². The lowest BCUT2D eigenvalue weighted by Gasteiger charge is -2.39. The van der Waals surface area contributed by atoms with E-state index in [0.29, 0.717) is 48.1 Å². The lowest BCUT2D eigenvalue weighted by atomic mass is 9.69. The third kappa shape index (κ3) is 5.91. The average Bonchev–Trinajstić information content (AvgIpc) is 2.70. The molecular weight excluding hydrogens is 407 g/mol. The molecule has 1 saturated carbocycles. The minimum absolute atomic E-state index is 0.178. The van der Waals surface area contributed by atoms with Crippen molar-refractivity contribution in [1.82, 2.24) is 15.0 Å². The summed E-state index contributed by atoms with van der Waals surface area (Å²) in [4.78, 5) is 12.3. The summed E-state index contributed by atoms with van der Waals surface area (Å²) < 4.78 is 38.5. The Morgan fingerprint density at radius 2 is 2.03 bits per heavy atom. The van der Waals surface area contributed by atoms with Gasteiger partial charge in [0.2, 0.25) is 5.95 Å². The number of aliphatic hydroxyl groups excluding tert-OH is 1. The molecule has 0 spiro atoms. The number of hydrogen-bond acceptors (Lipinski definition) is 6. The molecule has 1 aliphatic carbocycles. The van der Waals surface area contributed by atoms with Crippen LogP contribution in [0.15, 0.2) is 24.7 Å². The molecule has 2 aromatic heterocycles. The van der Waals surface area contributed by atoms with Gasteiger partial charge in [0.1, 0.15) is 6.07 Å². The van der Waals surface area contributed by atoms with Crippen LogP contribution in [0.25, 0.3) is 0 Å². The first-order valence-electron chi connectivity index (χ1n) is 10.3. The van der Waals surface area contributed by atoms with Gasteiger partial charge < -0.3 is 10.4 Å². The Morgan fingerprint density at radius 1 is 1.26 bits per heavy atom. The molecule has 3 rings (SSSR count). The highest BCUT2D eigenvalue weighted by atomic mass is 19.4. The number of pyridine rings is 1. The summed E-state index contributed by atoms with van der Waals surface area (Å²) >= 11 is 0. The fourth-order valence-corrected chi connectivity index (χ4v) is 4.06. The van der Waals surface area contributed by atoms with Crippen molar-refractivity contribution in [2.24, 2.45) is 11.3 Å². The highest BCUT2D eigenvalue weighted by molar-refractivity contribution is 5.37. The van der Waals surface area contributed by atoms with E-state index < -0.39 is 11.7 Å². The number of hydrogen-bond donors (Lipinski definition) is 2. The van der Waals surface area contributed by atoms with Crippen molar-refractivity contribution >= 4 is 5.95 Å². The molecule has 2 heterocycles. The largest absolute Gasteiger partial charge is 0.417 e. The van der Waals surface area contributed by atoms with E-state index in [1.54, 1.807) is 0 Å². The molecule has 2 aromatic rings. The number of alkyl halides is 3. The quantitative estimate of drug-likeness (QED) is 0.711. The summed E-state index contributed by atoms with van der Waals surface area (Å²) in [5.74, 6) is 0.647. The van der Waals surface area contributed by atoms with E-state index in [1.165, 1.54) is 12.4 Å². The van der Waals surface area contributed by atoms with Crippen LogP contribution in [0.4, 0.5) is 19.1 Å². The maximum atomic E-state index is 12.8. The number of anilines is 1. The average molecular weight is 433 g/mol. The zero-order valence-electron chi connectivity index (χ0n) is 17.6. The minimum Gasteiger partial charge on any atom is -0.393 e. The van der Waals surface area contributed by atoms with E-state index in [-0.39, 0.29) is 11.5 Å². The van der Waals surface area contributed by atoms with E-state index >= 15 is 0 Å². The summed E-state index contributed by atoms with van der Waals surface area (Å²) in [6.07, 6.45) is 2.30. The van der Waals surface area contributed by atoms with Crippen LogP contribution in [0.3, 0.4) is 0 Å². The van der Waals surface area contributed by atoms with Crippen molar-refractivity contribution in [3.05, 3.63) is 47.0 Å². The molecule has 1 fully saturated rings. The molecule has 0 amide bonds. The molecule has 0 aromatic carbocycles. The molecule has 0 saturated heterocycles. The second kappa shape index (κ2) is 9.18. The molecule has 1 unspecified atom stereocenters. The Balaban J connectivity index is 1.64. The molecule has 0 bridgehead atoms. The molecule has 0 aliphatic heterocycles. The summed E-state index contributed by atoms with van der Waals surface area (Å²) in [6, 6.07) is 3.21. The third-order valence-electron chi connectivity index (χ3n) is 5.85. The molecular formula is C22H26F3N5O. The smallest absolute Gasteiger partial charge is 0.393 e. The van der Waals surface area contributed by atoms with E-state index in [1.807, 2.05) is 13.8 Å². The summed E-state index contributed by atoms with van der Waals surface area (Å²) in [5.41, 5.74) is 0.569. The standard InChI is InChI=1S/C22H26F3N5O/c1-21(2)9-14(3-4-19(21)31)8-18-16(10-26)12-29-20(30-18)28-6-5-15-7-17(13-27-11-15)22(23,24)25/h7,11-14,19,31H,3-6,8-9H2,1-2H3,(H,28,29,30)/t14?,19-/m0/s1. The van der Waals surface area contributed by atoms with Gasteiger partial charge in [0.15, 0.2) is 0 Å². The van der Waals surface area contributed by atoms with Crippen LogP contribution in [-0.4, -0.2) is 32.7 Å². The van der Waals surface area contributed by atoms with Gasteiger partial charge in [-0.1, -0.05) is 13.8 Å². The van der Waals surface area contributed by atoms with Gasteiger partial charge in [0.05, 0.1) is 29.1 Å². The van der Waals surface area contributed by atoms with Crippen LogP contribution in [0.2, 0.25) is 0 Å². The van der Waals surface area contributed by atoms with Gasteiger partial charge >= 0.3 is 6.18 Å². The van der Waals surface area contributed by atoms with Crippen molar-refractivity contribution in [2.45, 2.75) is 58.2 Å². The number of aliphatic hydroxyl groups is 1. The Hall–Kier alpha value is -2.73. The van der Waals surface area contributed by atoms with Crippen LogP contribution in [0, 0.1) is 22.7 Å². The molecule has 9 heteroatoms. The molecule has 1 aliphatic rings. The second-order valence-corrected chi connectivity index (χ2v) is 8.78. The van der Waals surface area contributed by atoms with Gasteiger partial charge in [-0.2, -0.15) is 18.4 Å². The monoisotopic (exact) mass is 433 g/mol. The van der Waals surface area contributed by atoms with Crippen LogP contribution < -0.4 is 5.32 Å². The molecule has 31 heavy (non-hydrogen) atoms. The van der Waals surface area contributed by atoms with Crippen LogP contribution >= 0.6 is 0 Å². The SMILES string of the molecule is CC1(C)CC(Cc2nc(NCCc3cncc(C(F)(F)F)c3)ncc2C#N)CC[C@@H]1O. The van der Waals surface area contributed by atoms with Crippen molar-refractivity contribution in [1.29, 1.82) is 5.26 Å². The number of halogens is 3. The number of nitrogens with zero attached hydrogens (tertiary/aromatic N) is 4. The second-order valence-electron chi connectivity index (χ2n) is 8.78. The van der Waals surface area contributed by atoms with E-state index in [2.05, 4.69) is 26.3 Å². The molecule has 0 radical (unpaired) electrons. The van der Waals surface area contributed by atoms with Gasteiger partial charge in [-0.15, -0.1) is 0 Å². The van der Waals surface area contributed by atoms with Crippen LogP contribution in [0.5, 0.6) is 0 Å². The van der Waals surface area contributed by atoms with Gasteiger partial charge in [-0.05, 0) is 55.1 Å². The van der Waals surface area contributed by atoms with E-state index in [9.17, 15) is 23.5 Å². The molecule has 2 N–H and O–H groups in total. The lowest BCUT2D eigenvalue weighted by Crippen LogP contribution is -2.37. The molecule has 2 atom stereocenters. The summed E-state index contributed by atoms with van der Waals surface area (Å²) in [5, 5.41) is 22.6. The van der Waals surface area contributed by atoms with Crippen molar-refractivity contribution < 1.29 is 18.3 Å². The van der Waals surface area contributed by atoms with Gasteiger partial charge in [-0.3, -0.25) is 4.98 Å². The van der Waals surface area contributed by atoms with Gasteiger partial charge in [0.25, 0.3) is 0 Å². The highest BCUT2D eigenvalue weighted by Gasteiger charge is 2.36. The molecule has 166 valence electrons. The summed E-state index contributed by atoms with van der Waals surface area (Å²) in [7, 11) is 0. The maximum absolute atomic E-state index is 12.8. The maximum Gasteiger partial charge on any atom is 0.417 e. The topological polar surface area (TPSA) is 94.7 Å². The fraction of sp³-hybridized carbons (Fsp3) is 0.545. The zero-order valence-corrected chi connectivity index (χ0v) is 17.6. The first-order valence-corrected chi connectivity index (χ1v) is 10.3. The first-order chi connectivity index (χ1) is 14.6. The van der Waals surface area contributed by atoms with E-state index in [0.717, 1.165) is 31.5 Å². The highest BCUT2D eigenvalue weighted by Crippen LogP contribution is 2.40.